The van der Waals surface area contributed by atoms with Crippen LogP contribution < -0.4 is 21.1 Å². The van der Waals surface area contributed by atoms with Gasteiger partial charge in [-0.3, -0.25) is 19.4 Å². The van der Waals surface area contributed by atoms with Gasteiger partial charge in [0.2, 0.25) is 17.8 Å². The molecule has 1 atom stereocenters. The van der Waals surface area contributed by atoms with E-state index in [4.69, 9.17) is 23.2 Å². The van der Waals surface area contributed by atoms with Gasteiger partial charge in [-0.15, -0.1) is 0 Å². The highest BCUT2D eigenvalue weighted by atomic mass is 35.5. The zero-order chi connectivity index (χ0) is 23.1. The molecule has 0 fully saturated rings. The first-order valence-corrected chi connectivity index (χ1v) is 11.2. The molecule has 8 nitrogen and oxygen atoms in total. The molecule has 0 radical (unpaired) electrons. The fraction of sp³-hybridized carbons (Fsp3) is 0.217. The highest BCUT2D eigenvalue weighted by Gasteiger charge is 2.35. The molecule has 3 aromatic rings. The van der Waals surface area contributed by atoms with Gasteiger partial charge >= 0.3 is 0 Å². The molecule has 10 heteroatoms. The largest absolute Gasteiger partial charge is 0.338 e. The number of H-pyrrole nitrogens is 1. The summed E-state index contributed by atoms with van der Waals surface area (Å²) in [6, 6.07) is 12.7. The van der Waals surface area contributed by atoms with Crippen molar-refractivity contribution < 1.29 is 9.59 Å². The van der Waals surface area contributed by atoms with Crippen molar-refractivity contribution >= 4 is 52.5 Å². The normalized spacial score (nSPS) is 17.1. The van der Waals surface area contributed by atoms with E-state index in [9.17, 15) is 14.4 Å². The molecule has 33 heavy (non-hydrogen) atoms. The van der Waals surface area contributed by atoms with E-state index in [1.165, 1.54) is 23.8 Å². The van der Waals surface area contributed by atoms with Crippen molar-refractivity contribution in [2.45, 2.75) is 25.3 Å². The average Bonchev–Trinajstić information content (AvgIpc) is 2.77. The van der Waals surface area contributed by atoms with Crippen molar-refractivity contribution in [3.8, 4) is 0 Å². The maximum atomic E-state index is 13.1. The zero-order valence-corrected chi connectivity index (χ0v) is 18.8. The van der Waals surface area contributed by atoms with Crippen LogP contribution in [0.1, 0.15) is 29.0 Å². The number of aromatic nitrogens is 2. The van der Waals surface area contributed by atoms with Gasteiger partial charge < -0.3 is 15.5 Å². The maximum absolute atomic E-state index is 13.1. The number of halogens is 2. The third-order valence-electron chi connectivity index (χ3n) is 5.82. The fourth-order valence-corrected chi connectivity index (χ4v) is 4.79. The molecule has 2 aliphatic rings. The van der Waals surface area contributed by atoms with Gasteiger partial charge in [-0.05, 0) is 35.7 Å². The summed E-state index contributed by atoms with van der Waals surface area (Å²) in [4.78, 5) is 47.7. The predicted octanol–water partition coefficient (Wildman–Crippen LogP) is 3.70. The van der Waals surface area contributed by atoms with Crippen LogP contribution in [-0.2, 0) is 22.6 Å². The van der Waals surface area contributed by atoms with Crippen LogP contribution in [0.5, 0.6) is 0 Å². The molecule has 0 spiro atoms. The summed E-state index contributed by atoms with van der Waals surface area (Å²) in [5.41, 5.74) is 2.46. The number of hydrogen-bond acceptors (Lipinski definition) is 5. The Morgan fingerprint density at radius 3 is 2.58 bits per heavy atom. The van der Waals surface area contributed by atoms with E-state index >= 15 is 0 Å². The minimum Gasteiger partial charge on any atom is -0.338 e. The molecule has 5 rings (SSSR count). The Labute approximate surface area is 198 Å². The van der Waals surface area contributed by atoms with E-state index in [1.54, 1.807) is 0 Å². The Kier molecular flexibility index (Phi) is 5.55. The van der Waals surface area contributed by atoms with Gasteiger partial charge in [0.05, 0.1) is 11.5 Å². The Hall–Kier alpha value is -3.36. The lowest BCUT2D eigenvalue weighted by molar-refractivity contribution is -0.123. The van der Waals surface area contributed by atoms with Gasteiger partial charge in [-0.2, -0.15) is 4.98 Å². The zero-order valence-electron chi connectivity index (χ0n) is 17.3. The number of fused-ring (bicyclic) bond motifs is 2. The molecule has 0 bridgehead atoms. The van der Waals surface area contributed by atoms with Crippen LogP contribution in [0, 0.1) is 0 Å². The quantitative estimate of drug-likeness (QED) is 0.526. The molecule has 2 amide bonds. The maximum Gasteiger partial charge on any atom is 0.258 e. The summed E-state index contributed by atoms with van der Waals surface area (Å²) in [7, 11) is 0. The first-order valence-electron chi connectivity index (χ1n) is 10.4. The van der Waals surface area contributed by atoms with Crippen LogP contribution in [0.3, 0.4) is 0 Å². The van der Waals surface area contributed by atoms with Gasteiger partial charge in [-0.1, -0.05) is 47.5 Å². The van der Waals surface area contributed by atoms with Crippen molar-refractivity contribution in [1.29, 1.82) is 0 Å². The number of carbonyl (C=O) groups is 2. The molecule has 168 valence electrons. The van der Waals surface area contributed by atoms with E-state index < -0.39 is 17.4 Å². The lowest BCUT2D eigenvalue weighted by atomic mass is 9.92. The van der Waals surface area contributed by atoms with Crippen LogP contribution in [0.2, 0.25) is 10.0 Å². The van der Waals surface area contributed by atoms with Crippen LogP contribution in [0.4, 0.5) is 17.5 Å². The molecule has 1 aromatic heterocycles. The van der Waals surface area contributed by atoms with Crippen LogP contribution in [-0.4, -0.2) is 28.3 Å². The second-order valence-electron chi connectivity index (χ2n) is 8.04. The first kappa shape index (κ1) is 21.5. The molecular weight excluding hydrogens is 465 g/mol. The van der Waals surface area contributed by atoms with Crippen LogP contribution in [0.15, 0.2) is 47.3 Å². The summed E-state index contributed by atoms with van der Waals surface area (Å²) in [6.07, 6.45) is 0.644. The highest BCUT2D eigenvalue weighted by molar-refractivity contribution is 6.35. The van der Waals surface area contributed by atoms with Crippen LogP contribution in [0.25, 0.3) is 0 Å². The second kappa shape index (κ2) is 8.53. The first-order chi connectivity index (χ1) is 15.9. The molecule has 3 N–H and O–H groups in total. The Morgan fingerprint density at radius 1 is 1.09 bits per heavy atom. The van der Waals surface area contributed by atoms with Gasteiger partial charge in [0, 0.05) is 35.2 Å². The predicted molar refractivity (Wildman–Crippen MR) is 127 cm³/mol. The second-order valence-corrected chi connectivity index (χ2v) is 8.92. The molecule has 0 unspecified atom stereocenters. The molecule has 0 saturated carbocycles. The van der Waals surface area contributed by atoms with E-state index in [-0.39, 0.29) is 23.7 Å². The number of carbonyl (C=O) groups excluding carboxylic acids is 2. The fourth-order valence-electron chi connectivity index (χ4n) is 4.27. The summed E-state index contributed by atoms with van der Waals surface area (Å²) < 4.78 is 0. The molecule has 0 saturated heterocycles. The van der Waals surface area contributed by atoms with Gasteiger partial charge in [0.1, 0.15) is 5.82 Å². The minimum atomic E-state index is -1.00. The SMILES string of the molecule is O=C1C[C@H](C(=O)Nc2cc(Cl)cc(Cl)c2)c2c(nc(N3CCc4ccccc4C3)[nH]c2=O)N1. The van der Waals surface area contributed by atoms with Crippen LogP contribution >= 0.6 is 23.2 Å². The molecule has 0 aliphatic carbocycles. The molecule has 3 heterocycles. The number of aromatic amines is 1. The summed E-state index contributed by atoms with van der Waals surface area (Å²) >= 11 is 12.0. The lowest BCUT2D eigenvalue weighted by Crippen LogP contribution is -2.38. The Bertz CT molecular complexity index is 1320. The number of nitrogens with one attached hydrogen (secondary N) is 3. The topological polar surface area (TPSA) is 107 Å². The van der Waals surface area contributed by atoms with Crippen molar-refractivity contribution in [2.24, 2.45) is 0 Å². The minimum absolute atomic E-state index is 0.105. The number of rotatable bonds is 3. The van der Waals surface area contributed by atoms with E-state index in [0.29, 0.717) is 34.8 Å². The van der Waals surface area contributed by atoms with Gasteiger partial charge in [0.25, 0.3) is 5.56 Å². The third kappa shape index (κ3) is 4.31. The Balaban J connectivity index is 1.45. The Morgan fingerprint density at radius 2 is 1.82 bits per heavy atom. The van der Waals surface area contributed by atoms with E-state index in [2.05, 4.69) is 26.7 Å². The summed E-state index contributed by atoms with van der Waals surface area (Å²) in [6.45, 7) is 1.26. The van der Waals surface area contributed by atoms with Crippen molar-refractivity contribution in [3.63, 3.8) is 0 Å². The van der Waals surface area contributed by atoms with Crippen molar-refractivity contribution in [1.82, 2.24) is 9.97 Å². The highest BCUT2D eigenvalue weighted by Crippen LogP contribution is 2.32. The summed E-state index contributed by atoms with van der Waals surface area (Å²) in [5.74, 6) is -1.44. The van der Waals surface area contributed by atoms with E-state index in [0.717, 1.165) is 12.0 Å². The lowest BCUT2D eigenvalue weighted by Gasteiger charge is -2.30. The van der Waals surface area contributed by atoms with Crippen molar-refractivity contribution in [2.75, 3.05) is 22.1 Å². The van der Waals surface area contributed by atoms with Gasteiger partial charge in [0.15, 0.2) is 0 Å². The number of hydrogen-bond donors (Lipinski definition) is 3. The van der Waals surface area contributed by atoms with Gasteiger partial charge in [-0.25, -0.2) is 0 Å². The number of benzene rings is 2. The number of anilines is 3. The standard InChI is InChI=1S/C23H19Cl2N5O3/c24-14-7-15(25)9-16(8-14)26-21(32)17-10-18(31)27-20-19(17)22(33)29-23(28-20)30-6-5-12-3-1-2-4-13(12)11-30/h1-4,7-9,17H,5-6,10-11H2,(H,26,32)(H2,27,28,29,31,33)/t17-/m0/s1. The monoisotopic (exact) mass is 483 g/mol. The number of amides is 2. The third-order valence-corrected chi connectivity index (χ3v) is 6.25. The molecule has 2 aromatic carbocycles. The smallest absolute Gasteiger partial charge is 0.258 e. The van der Waals surface area contributed by atoms with E-state index in [1.807, 2.05) is 23.1 Å². The van der Waals surface area contributed by atoms with Crippen molar-refractivity contribution in [3.05, 3.63) is 79.6 Å². The average molecular weight is 484 g/mol. The molecule has 2 aliphatic heterocycles. The summed E-state index contributed by atoms with van der Waals surface area (Å²) in [5, 5.41) is 6.05. The number of nitrogens with zero attached hydrogens (tertiary/aromatic N) is 2. The molecular formula is C23H19Cl2N5O3.